The number of benzene rings is 2. The van der Waals surface area contributed by atoms with E-state index in [-0.39, 0.29) is 11.6 Å². The third kappa shape index (κ3) is 2.05. The zero-order chi connectivity index (χ0) is 14.1. The molecule has 0 amide bonds. The molecule has 0 aliphatic carbocycles. The Hall–Kier alpha value is -2.62. The van der Waals surface area contributed by atoms with Crippen molar-refractivity contribution in [3.63, 3.8) is 0 Å². The van der Waals surface area contributed by atoms with Crippen LogP contribution in [0.5, 0.6) is 0 Å². The first-order valence-corrected chi connectivity index (χ1v) is 6.41. The van der Waals surface area contributed by atoms with Gasteiger partial charge in [-0.25, -0.2) is 9.78 Å². The van der Waals surface area contributed by atoms with Crippen molar-refractivity contribution in [3.05, 3.63) is 66.0 Å². The molecular weight excluding hydrogens is 252 g/mol. The van der Waals surface area contributed by atoms with Gasteiger partial charge >= 0.3 is 5.97 Å². The van der Waals surface area contributed by atoms with Crippen molar-refractivity contribution in [1.29, 1.82) is 0 Å². The molecular formula is C16H14N2O2. The van der Waals surface area contributed by atoms with E-state index in [4.69, 9.17) is 5.11 Å². The highest BCUT2D eigenvalue weighted by Gasteiger charge is 2.13. The van der Waals surface area contributed by atoms with E-state index in [9.17, 15) is 4.79 Å². The van der Waals surface area contributed by atoms with Crippen LogP contribution in [0.3, 0.4) is 0 Å². The SMILES string of the molecule is CC(c1ccccc1)n1cnc2ccc(C(=O)O)cc21. The lowest BCUT2D eigenvalue weighted by molar-refractivity contribution is 0.0697. The molecule has 1 N–H and O–H groups in total. The maximum Gasteiger partial charge on any atom is 0.335 e. The summed E-state index contributed by atoms with van der Waals surface area (Å²) in [5.41, 5.74) is 3.08. The van der Waals surface area contributed by atoms with Crippen molar-refractivity contribution < 1.29 is 9.90 Å². The molecule has 0 aliphatic heterocycles. The second kappa shape index (κ2) is 4.81. The summed E-state index contributed by atoms with van der Waals surface area (Å²) in [7, 11) is 0. The van der Waals surface area contributed by atoms with Crippen molar-refractivity contribution in [3.8, 4) is 0 Å². The Morgan fingerprint density at radius 2 is 1.95 bits per heavy atom. The van der Waals surface area contributed by atoms with Crippen molar-refractivity contribution in [2.24, 2.45) is 0 Å². The largest absolute Gasteiger partial charge is 0.478 e. The Morgan fingerprint density at radius 1 is 1.20 bits per heavy atom. The van der Waals surface area contributed by atoms with Crippen LogP contribution in [0, 0.1) is 0 Å². The van der Waals surface area contributed by atoms with Gasteiger partial charge in [0, 0.05) is 0 Å². The van der Waals surface area contributed by atoms with Crippen LogP contribution in [0.25, 0.3) is 11.0 Å². The predicted octanol–water partition coefficient (Wildman–Crippen LogP) is 3.34. The molecule has 0 fully saturated rings. The minimum absolute atomic E-state index is 0.102. The lowest BCUT2D eigenvalue weighted by Gasteiger charge is -2.15. The van der Waals surface area contributed by atoms with Gasteiger partial charge in [0.2, 0.25) is 0 Å². The highest BCUT2D eigenvalue weighted by molar-refractivity contribution is 5.92. The Morgan fingerprint density at radius 3 is 2.65 bits per heavy atom. The van der Waals surface area contributed by atoms with Crippen molar-refractivity contribution in [2.45, 2.75) is 13.0 Å². The molecule has 4 nitrogen and oxygen atoms in total. The number of aromatic nitrogens is 2. The maximum atomic E-state index is 11.1. The summed E-state index contributed by atoms with van der Waals surface area (Å²) in [5.74, 6) is -0.924. The topological polar surface area (TPSA) is 55.1 Å². The zero-order valence-corrected chi connectivity index (χ0v) is 11.0. The van der Waals surface area contributed by atoms with Crippen molar-refractivity contribution >= 4 is 17.0 Å². The lowest BCUT2D eigenvalue weighted by atomic mass is 10.1. The summed E-state index contributed by atoms with van der Waals surface area (Å²) in [4.78, 5) is 15.4. The summed E-state index contributed by atoms with van der Waals surface area (Å²) < 4.78 is 2.00. The summed E-state index contributed by atoms with van der Waals surface area (Å²) in [6, 6.07) is 15.2. The molecule has 1 atom stereocenters. The summed E-state index contributed by atoms with van der Waals surface area (Å²) in [6.07, 6.45) is 1.76. The van der Waals surface area contributed by atoms with Gasteiger partial charge in [-0.3, -0.25) is 0 Å². The number of hydrogen-bond acceptors (Lipinski definition) is 2. The summed E-state index contributed by atoms with van der Waals surface area (Å²) in [6.45, 7) is 2.07. The van der Waals surface area contributed by atoms with Gasteiger partial charge in [-0.2, -0.15) is 0 Å². The van der Waals surface area contributed by atoms with Crippen LogP contribution in [0.15, 0.2) is 54.9 Å². The third-order valence-electron chi connectivity index (χ3n) is 3.52. The van der Waals surface area contributed by atoms with Crippen LogP contribution in [0.2, 0.25) is 0 Å². The molecule has 100 valence electrons. The van der Waals surface area contributed by atoms with E-state index in [2.05, 4.69) is 24.0 Å². The molecule has 4 heteroatoms. The standard InChI is InChI=1S/C16H14N2O2/c1-11(12-5-3-2-4-6-12)18-10-17-14-8-7-13(16(19)20)9-15(14)18/h2-11H,1H3,(H,19,20). The molecule has 3 aromatic rings. The number of carboxylic acid groups (broad SMARTS) is 1. The minimum atomic E-state index is -0.924. The smallest absolute Gasteiger partial charge is 0.335 e. The second-order valence-electron chi connectivity index (χ2n) is 4.75. The van der Waals surface area contributed by atoms with Crippen LogP contribution in [0.1, 0.15) is 28.9 Å². The fraction of sp³-hybridized carbons (Fsp3) is 0.125. The quantitative estimate of drug-likeness (QED) is 0.791. The van der Waals surface area contributed by atoms with E-state index >= 15 is 0 Å². The van der Waals surface area contributed by atoms with E-state index in [0.717, 1.165) is 16.6 Å². The number of aromatic carboxylic acids is 1. The van der Waals surface area contributed by atoms with Gasteiger partial charge in [-0.15, -0.1) is 0 Å². The van der Waals surface area contributed by atoms with E-state index in [1.807, 2.05) is 22.8 Å². The molecule has 0 spiro atoms. The molecule has 2 aromatic carbocycles. The first-order chi connectivity index (χ1) is 9.66. The van der Waals surface area contributed by atoms with Gasteiger partial charge in [-0.1, -0.05) is 30.3 Å². The van der Waals surface area contributed by atoms with E-state index in [0.29, 0.717) is 0 Å². The number of hydrogen-bond donors (Lipinski definition) is 1. The molecule has 0 aliphatic rings. The average Bonchev–Trinajstić information content (AvgIpc) is 2.90. The molecule has 1 heterocycles. The van der Waals surface area contributed by atoms with Crippen LogP contribution in [0.4, 0.5) is 0 Å². The van der Waals surface area contributed by atoms with E-state index in [1.54, 1.807) is 24.5 Å². The highest BCUT2D eigenvalue weighted by atomic mass is 16.4. The molecule has 0 radical (unpaired) electrons. The number of nitrogens with zero attached hydrogens (tertiary/aromatic N) is 2. The Kier molecular flexibility index (Phi) is 2.99. The molecule has 0 saturated heterocycles. The summed E-state index contributed by atoms with van der Waals surface area (Å²) in [5, 5.41) is 9.10. The number of carboxylic acids is 1. The first kappa shape index (κ1) is 12.4. The molecule has 1 aromatic heterocycles. The van der Waals surface area contributed by atoms with Gasteiger partial charge in [0.25, 0.3) is 0 Å². The average molecular weight is 266 g/mol. The predicted molar refractivity (Wildman–Crippen MR) is 76.9 cm³/mol. The maximum absolute atomic E-state index is 11.1. The third-order valence-corrected chi connectivity index (χ3v) is 3.52. The van der Waals surface area contributed by atoms with Gasteiger partial charge in [0.1, 0.15) is 0 Å². The van der Waals surface area contributed by atoms with Crippen LogP contribution >= 0.6 is 0 Å². The molecule has 0 bridgehead atoms. The normalized spacial score (nSPS) is 12.4. The monoisotopic (exact) mass is 266 g/mol. The highest BCUT2D eigenvalue weighted by Crippen LogP contribution is 2.24. The zero-order valence-electron chi connectivity index (χ0n) is 11.0. The Labute approximate surface area is 116 Å². The van der Waals surface area contributed by atoms with Gasteiger partial charge < -0.3 is 9.67 Å². The molecule has 3 rings (SSSR count). The number of rotatable bonds is 3. The van der Waals surface area contributed by atoms with Gasteiger partial charge in [0.05, 0.1) is 29.0 Å². The van der Waals surface area contributed by atoms with Crippen LogP contribution in [-0.2, 0) is 0 Å². The molecule has 0 saturated carbocycles. The van der Waals surface area contributed by atoms with Crippen molar-refractivity contribution in [2.75, 3.05) is 0 Å². The van der Waals surface area contributed by atoms with Crippen molar-refractivity contribution in [1.82, 2.24) is 9.55 Å². The molecule has 1 unspecified atom stereocenters. The number of carbonyl (C=O) groups is 1. The number of fused-ring (bicyclic) bond motifs is 1. The Bertz CT molecular complexity index is 763. The fourth-order valence-electron chi connectivity index (χ4n) is 2.36. The lowest BCUT2D eigenvalue weighted by Crippen LogP contribution is -2.05. The first-order valence-electron chi connectivity index (χ1n) is 6.41. The van der Waals surface area contributed by atoms with Crippen LogP contribution in [-0.4, -0.2) is 20.6 Å². The van der Waals surface area contributed by atoms with E-state index < -0.39 is 5.97 Å². The van der Waals surface area contributed by atoms with Crippen LogP contribution < -0.4 is 0 Å². The second-order valence-corrected chi connectivity index (χ2v) is 4.75. The van der Waals surface area contributed by atoms with Gasteiger partial charge in [-0.05, 0) is 30.7 Å². The fourth-order valence-corrected chi connectivity index (χ4v) is 2.36. The Balaban J connectivity index is 2.12. The van der Waals surface area contributed by atoms with Gasteiger partial charge in [0.15, 0.2) is 0 Å². The van der Waals surface area contributed by atoms with E-state index in [1.165, 1.54) is 0 Å². The minimum Gasteiger partial charge on any atom is -0.478 e. The number of imidazole rings is 1. The summed E-state index contributed by atoms with van der Waals surface area (Å²) >= 11 is 0. The molecule has 20 heavy (non-hydrogen) atoms.